The van der Waals surface area contributed by atoms with E-state index in [2.05, 4.69) is 15.4 Å². The summed E-state index contributed by atoms with van der Waals surface area (Å²) < 4.78 is 4.41. The predicted octanol–water partition coefficient (Wildman–Crippen LogP) is -0.625. The number of hydrogen-bond donors (Lipinski definition) is 3. The summed E-state index contributed by atoms with van der Waals surface area (Å²) in [5.74, 6) is -1.75. The summed E-state index contributed by atoms with van der Waals surface area (Å²) in [5, 5.41) is 13.6. The van der Waals surface area contributed by atoms with E-state index in [0.29, 0.717) is 5.56 Å². The molecule has 0 bridgehead atoms. The largest absolute Gasteiger partial charge is 0.467 e. The number of aliphatic hydroxyl groups excluding tert-OH is 1. The van der Waals surface area contributed by atoms with Gasteiger partial charge in [0.1, 0.15) is 0 Å². The zero-order chi connectivity index (χ0) is 15.8. The standard InChI is InChI=1S/C14H18N2O5/c1-9-4-3-5-10(6-9)13(19)15-7-12(18)16-11(8-17)14(20)21-2/h3-6,11,17H,7-8H2,1-2H3,(H,15,19)(H,16,18). The third-order valence-corrected chi connectivity index (χ3v) is 2.69. The molecule has 0 saturated carbocycles. The number of methoxy groups -OCH3 is 1. The second-order valence-corrected chi connectivity index (χ2v) is 4.38. The lowest BCUT2D eigenvalue weighted by molar-refractivity contribution is -0.146. The normalized spacial score (nSPS) is 11.4. The molecule has 1 unspecified atom stereocenters. The van der Waals surface area contributed by atoms with Crippen molar-refractivity contribution in [3.05, 3.63) is 35.4 Å². The maximum atomic E-state index is 11.8. The van der Waals surface area contributed by atoms with E-state index in [-0.39, 0.29) is 6.54 Å². The van der Waals surface area contributed by atoms with Gasteiger partial charge in [-0.3, -0.25) is 9.59 Å². The van der Waals surface area contributed by atoms with Gasteiger partial charge in [0, 0.05) is 5.56 Å². The van der Waals surface area contributed by atoms with Crippen molar-refractivity contribution < 1.29 is 24.2 Å². The summed E-state index contributed by atoms with van der Waals surface area (Å²) in [7, 11) is 1.15. The molecule has 1 aromatic rings. The van der Waals surface area contributed by atoms with Crippen LogP contribution in [0.2, 0.25) is 0 Å². The van der Waals surface area contributed by atoms with E-state index in [1.807, 2.05) is 13.0 Å². The van der Waals surface area contributed by atoms with Crippen LogP contribution in [0, 0.1) is 6.92 Å². The second kappa shape index (κ2) is 8.01. The molecule has 3 N–H and O–H groups in total. The Morgan fingerprint density at radius 2 is 2.05 bits per heavy atom. The maximum absolute atomic E-state index is 11.8. The highest BCUT2D eigenvalue weighted by atomic mass is 16.5. The van der Waals surface area contributed by atoms with E-state index in [0.717, 1.165) is 12.7 Å². The minimum atomic E-state index is -1.14. The first-order valence-corrected chi connectivity index (χ1v) is 6.31. The van der Waals surface area contributed by atoms with Crippen LogP contribution in [0.25, 0.3) is 0 Å². The Labute approximate surface area is 122 Å². The SMILES string of the molecule is COC(=O)C(CO)NC(=O)CNC(=O)c1cccc(C)c1. The molecule has 1 rings (SSSR count). The fourth-order valence-electron chi connectivity index (χ4n) is 1.62. The molecular formula is C14H18N2O5. The maximum Gasteiger partial charge on any atom is 0.330 e. The molecule has 7 nitrogen and oxygen atoms in total. The summed E-state index contributed by atoms with van der Waals surface area (Å²) in [6, 6.07) is 5.77. The predicted molar refractivity (Wildman–Crippen MR) is 74.5 cm³/mol. The average molecular weight is 294 g/mol. The molecule has 0 aliphatic carbocycles. The van der Waals surface area contributed by atoms with E-state index in [4.69, 9.17) is 5.11 Å². The molecule has 0 heterocycles. The molecule has 21 heavy (non-hydrogen) atoms. The number of rotatable bonds is 6. The van der Waals surface area contributed by atoms with Crippen molar-refractivity contribution in [2.45, 2.75) is 13.0 Å². The topological polar surface area (TPSA) is 105 Å². The molecule has 0 radical (unpaired) electrons. The Bertz CT molecular complexity index is 530. The number of aryl methyl sites for hydroxylation is 1. The van der Waals surface area contributed by atoms with Crippen LogP contribution in [0.5, 0.6) is 0 Å². The Morgan fingerprint density at radius 1 is 1.33 bits per heavy atom. The van der Waals surface area contributed by atoms with E-state index >= 15 is 0 Å². The summed E-state index contributed by atoms with van der Waals surface area (Å²) in [6.45, 7) is 0.968. The van der Waals surface area contributed by atoms with Gasteiger partial charge in [0.05, 0.1) is 20.3 Å². The minimum absolute atomic E-state index is 0.305. The number of esters is 1. The number of hydrogen-bond acceptors (Lipinski definition) is 5. The lowest BCUT2D eigenvalue weighted by atomic mass is 10.1. The Hall–Kier alpha value is -2.41. The Morgan fingerprint density at radius 3 is 2.62 bits per heavy atom. The Balaban J connectivity index is 2.49. The molecule has 2 amide bonds. The van der Waals surface area contributed by atoms with Crippen LogP contribution in [0.3, 0.4) is 0 Å². The van der Waals surface area contributed by atoms with Crippen molar-refractivity contribution in [3.8, 4) is 0 Å². The van der Waals surface area contributed by atoms with Gasteiger partial charge in [0.2, 0.25) is 5.91 Å². The first-order chi connectivity index (χ1) is 9.97. The number of ether oxygens (including phenoxy) is 1. The van der Waals surface area contributed by atoms with Crippen molar-refractivity contribution >= 4 is 17.8 Å². The zero-order valence-electron chi connectivity index (χ0n) is 11.9. The highest BCUT2D eigenvalue weighted by molar-refractivity contribution is 5.97. The molecule has 1 atom stereocenters. The molecule has 0 aromatic heterocycles. The number of aliphatic hydroxyl groups is 1. The monoisotopic (exact) mass is 294 g/mol. The van der Waals surface area contributed by atoms with E-state index < -0.39 is 30.4 Å². The quantitative estimate of drug-likeness (QED) is 0.606. The molecule has 0 saturated heterocycles. The molecule has 7 heteroatoms. The summed E-state index contributed by atoms with van der Waals surface area (Å²) in [5.41, 5.74) is 1.37. The van der Waals surface area contributed by atoms with Crippen molar-refractivity contribution in [1.82, 2.24) is 10.6 Å². The molecule has 0 fully saturated rings. The second-order valence-electron chi connectivity index (χ2n) is 4.38. The smallest absolute Gasteiger partial charge is 0.330 e. The van der Waals surface area contributed by atoms with E-state index in [1.165, 1.54) is 0 Å². The summed E-state index contributed by atoms with van der Waals surface area (Å²) in [6.07, 6.45) is 0. The van der Waals surface area contributed by atoms with Gasteiger partial charge in [-0.2, -0.15) is 0 Å². The van der Waals surface area contributed by atoms with Gasteiger partial charge in [-0.25, -0.2) is 4.79 Å². The minimum Gasteiger partial charge on any atom is -0.467 e. The van der Waals surface area contributed by atoms with Gasteiger partial charge in [-0.15, -0.1) is 0 Å². The summed E-state index contributed by atoms with van der Waals surface area (Å²) in [4.78, 5) is 34.6. The first-order valence-electron chi connectivity index (χ1n) is 6.31. The first kappa shape index (κ1) is 16.6. The van der Waals surface area contributed by atoms with Gasteiger partial charge >= 0.3 is 5.97 Å². The van der Waals surface area contributed by atoms with Crippen LogP contribution in [-0.2, 0) is 14.3 Å². The van der Waals surface area contributed by atoms with Gasteiger partial charge < -0.3 is 20.5 Å². The van der Waals surface area contributed by atoms with Gasteiger partial charge in [-0.1, -0.05) is 17.7 Å². The zero-order valence-corrected chi connectivity index (χ0v) is 11.9. The third-order valence-electron chi connectivity index (χ3n) is 2.69. The summed E-state index contributed by atoms with van der Waals surface area (Å²) >= 11 is 0. The van der Waals surface area contributed by atoms with E-state index in [9.17, 15) is 14.4 Å². The van der Waals surface area contributed by atoms with Crippen molar-refractivity contribution in [2.24, 2.45) is 0 Å². The number of nitrogens with one attached hydrogen (secondary N) is 2. The van der Waals surface area contributed by atoms with Gasteiger partial charge in [0.15, 0.2) is 6.04 Å². The third kappa shape index (κ3) is 5.23. The molecule has 114 valence electrons. The highest BCUT2D eigenvalue weighted by Gasteiger charge is 2.20. The molecule has 0 spiro atoms. The lowest BCUT2D eigenvalue weighted by Gasteiger charge is -2.14. The molecule has 0 aliphatic rings. The van der Waals surface area contributed by atoms with E-state index in [1.54, 1.807) is 18.2 Å². The fourth-order valence-corrected chi connectivity index (χ4v) is 1.62. The van der Waals surface area contributed by atoms with Crippen LogP contribution in [0.1, 0.15) is 15.9 Å². The van der Waals surface area contributed by atoms with Crippen LogP contribution in [-0.4, -0.2) is 49.2 Å². The average Bonchev–Trinajstić information content (AvgIpc) is 2.49. The number of carbonyl (C=O) groups is 3. The van der Waals surface area contributed by atoms with Crippen LogP contribution in [0.15, 0.2) is 24.3 Å². The van der Waals surface area contributed by atoms with Crippen LogP contribution in [0.4, 0.5) is 0 Å². The van der Waals surface area contributed by atoms with Crippen molar-refractivity contribution in [2.75, 3.05) is 20.3 Å². The highest BCUT2D eigenvalue weighted by Crippen LogP contribution is 2.03. The molecule has 1 aromatic carbocycles. The lowest BCUT2D eigenvalue weighted by Crippen LogP contribution is -2.47. The van der Waals surface area contributed by atoms with Crippen LogP contribution < -0.4 is 10.6 Å². The number of benzene rings is 1. The Kier molecular flexibility index (Phi) is 6.35. The van der Waals surface area contributed by atoms with Crippen molar-refractivity contribution in [3.63, 3.8) is 0 Å². The van der Waals surface area contributed by atoms with Crippen molar-refractivity contribution in [1.29, 1.82) is 0 Å². The number of carbonyl (C=O) groups excluding carboxylic acids is 3. The molecular weight excluding hydrogens is 276 g/mol. The fraction of sp³-hybridized carbons (Fsp3) is 0.357. The molecule has 0 aliphatic heterocycles. The van der Waals surface area contributed by atoms with Gasteiger partial charge in [-0.05, 0) is 19.1 Å². The van der Waals surface area contributed by atoms with Gasteiger partial charge in [0.25, 0.3) is 5.91 Å². The van der Waals surface area contributed by atoms with Crippen LogP contribution >= 0.6 is 0 Å². The number of amides is 2.